The van der Waals surface area contributed by atoms with Crippen molar-refractivity contribution in [3.8, 4) is 23.0 Å². The number of ether oxygens (including phenoxy) is 1. The number of benzene rings is 1. The van der Waals surface area contributed by atoms with Crippen LogP contribution in [0.1, 0.15) is 18.1 Å². The summed E-state index contributed by atoms with van der Waals surface area (Å²) in [6.07, 6.45) is 5.23. The Bertz CT molecular complexity index is 1300. The van der Waals surface area contributed by atoms with Gasteiger partial charge in [0.15, 0.2) is 23.2 Å². The zero-order valence-electron chi connectivity index (χ0n) is 16.4. The Kier molecular flexibility index (Phi) is 4.62. The predicted octanol–water partition coefficient (Wildman–Crippen LogP) is 5.04. The van der Waals surface area contributed by atoms with Crippen molar-refractivity contribution in [2.75, 3.05) is 5.32 Å². The van der Waals surface area contributed by atoms with Gasteiger partial charge in [0.1, 0.15) is 6.33 Å². The third kappa shape index (κ3) is 3.61. The van der Waals surface area contributed by atoms with Crippen LogP contribution in [0, 0.1) is 11.6 Å². The van der Waals surface area contributed by atoms with Gasteiger partial charge < -0.3 is 10.1 Å². The van der Waals surface area contributed by atoms with E-state index in [1.807, 2.05) is 19.1 Å². The highest BCUT2D eigenvalue weighted by Crippen LogP contribution is 2.35. The number of aromatic amines is 1. The second-order valence-electron chi connectivity index (χ2n) is 7.07. The highest BCUT2D eigenvalue weighted by atomic mass is 19.1. The Morgan fingerprint density at radius 2 is 1.97 bits per heavy atom. The van der Waals surface area contributed by atoms with E-state index >= 15 is 0 Å². The summed E-state index contributed by atoms with van der Waals surface area (Å²) in [6, 6.07) is 10.4. The predicted molar refractivity (Wildman–Crippen MR) is 111 cm³/mol. The molecule has 0 fully saturated rings. The van der Waals surface area contributed by atoms with E-state index in [0.717, 1.165) is 17.5 Å². The van der Waals surface area contributed by atoms with E-state index in [-0.39, 0.29) is 11.6 Å². The van der Waals surface area contributed by atoms with Crippen molar-refractivity contribution in [1.29, 1.82) is 0 Å². The summed E-state index contributed by atoms with van der Waals surface area (Å²) in [5.41, 5.74) is 3.72. The molecule has 7 nitrogen and oxygen atoms in total. The molecule has 0 amide bonds. The van der Waals surface area contributed by atoms with E-state index in [1.54, 1.807) is 30.5 Å². The number of hydrogen-bond acceptors (Lipinski definition) is 6. The van der Waals surface area contributed by atoms with Crippen LogP contribution in [-0.2, 0) is 6.42 Å². The molecule has 0 saturated carbocycles. The van der Waals surface area contributed by atoms with Gasteiger partial charge in [-0.1, -0.05) is 23.8 Å². The van der Waals surface area contributed by atoms with E-state index < -0.39 is 17.5 Å². The molecule has 3 aromatic heterocycles. The highest BCUT2D eigenvalue weighted by molar-refractivity contribution is 5.66. The standard InChI is InChI=1S/C22H16F2N6O/c1-12-8-13-5-6-17(19(23)14(13)9-12)31-22-20(24)21(26-11-27-22)28-18-10-16(29-30-18)15-4-2-3-7-25-15/h2-7,9-11H,8H2,1H3,(H2,26,27,28,29,30). The summed E-state index contributed by atoms with van der Waals surface area (Å²) >= 11 is 0. The number of hydrogen-bond donors (Lipinski definition) is 2. The van der Waals surface area contributed by atoms with Gasteiger partial charge in [-0.25, -0.2) is 9.37 Å². The van der Waals surface area contributed by atoms with E-state index in [4.69, 9.17) is 4.74 Å². The average molecular weight is 418 g/mol. The lowest BCUT2D eigenvalue weighted by Gasteiger charge is -2.11. The molecular formula is C22H16F2N6O. The minimum Gasteiger partial charge on any atom is -0.433 e. The fourth-order valence-electron chi connectivity index (χ4n) is 3.38. The number of nitrogens with zero attached hydrogens (tertiary/aromatic N) is 4. The number of rotatable bonds is 5. The molecule has 1 aliphatic rings. The Morgan fingerprint density at radius 3 is 2.81 bits per heavy atom. The molecule has 5 rings (SSSR count). The molecule has 0 aliphatic heterocycles. The van der Waals surface area contributed by atoms with Crippen LogP contribution >= 0.6 is 0 Å². The van der Waals surface area contributed by atoms with Gasteiger partial charge in [0.25, 0.3) is 5.88 Å². The molecule has 0 unspecified atom stereocenters. The molecule has 3 heterocycles. The fourth-order valence-corrected chi connectivity index (χ4v) is 3.38. The summed E-state index contributed by atoms with van der Waals surface area (Å²) in [5, 5.41) is 9.69. The number of pyridine rings is 1. The number of nitrogens with one attached hydrogen (secondary N) is 2. The summed E-state index contributed by atoms with van der Waals surface area (Å²) < 4.78 is 35.2. The second kappa shape index (κ2) is 7.60. The van der Waals surface area contributed by atoms with Crippen LogP contribution in [0.2, 0.25) is 0 Å². The van der Waals surface area contributed by atoms with Gasteiger partial charge in [-0.05, 0) is 37.1 Å². The van der Waals surface area contributed by atoms with Crippen LogP contribution in [0.15, 0.2) is 54.5 Å². The van der Waals surface area contributed by atoms with Gasteiger partial charge in [0, 0.05) is 17.8 Å². The molecule has 9 heteroatoms. The highest BCUT2D eigenvalue weighted by Gasteiger charge is 2.21. The Labute approximate surface area is 175 Å². The molecule has 0 radical (unpaired) electrons. The first-order chi connectivity index (χ1) is 15.1. The first-order valence-corrected chi connectivity index (χ1v) is 9.49. The molecule has 31 heavy (non-hydrogen) atoms. The van der Waals surface area contributed by atoms with Crippen LogP contribution in [0.4, 0.5) is 20.4 Å². The van der Waals surface area contributed by atoms with Gasteiger partial charge in [0.2, 0.25) is 5.82 Å². The van der Waals surface area contributed by atoms with Crippen molar-refractivity contribution >= 4 is 17.7 Å². The van der Waals surface area contributed by atoms with E-state index in [0.29, 0.717) is 29.2 Å². The Hall–Kier alpha value is -4.14. The lowest BCUT2D eigenvalue weighted by Crippen LogP contribution is -2.02. The molecular weight excluding hydrogens is 402 g/mol. The van der Waals surface area contributed by atoms with Crippen molar-refractivity contribution in [3.05, 3.63) is 77.3 Å². The molecule has 1 aromatic carbocycles. The quantitative estimate of drug-likeness (QED) is 0.472. The van der Waals surface area contributed by atoms with E-state index in [1.165, 1.54) is 6.07 Å². The Balaban J connectivity index is 1.39. The molecule has 0 atom stereocenters. The number of aromatic nitrogens is 5. The van der Waals surface area contributed by atoms with Gasteiger partial charge in [0.05, 0.1) is 11.4 Å². The van der Waals surface area contributed by atoms with Crippen molar-refractivity contribution < 1.29 is 13.5 Å². The third-order valence-corrected chi connectivity index (χ3v) is 4.82. The SMILES string of the molecule is CC1=Cc2c(ccc(Oc3ncnc(Nc4cc(-c5ccccn5)[nH]n4)c3F)c2F)C1. The van der Waals surface area contributed by atoms with Gasteiger partial charge >= 0.3 is 0 Å². The maximum absolute atomic E-state index is 14.9. The van der Waals surface area contributed by atoms with Crippen molar-refractivity contribution in [2.24, 2.45) is 0 Å². The lowest BCUT2D eigenvalue weighted by atomic mass is 10.1. The number of fused-ring (bicyclic) bond motifs is 1. The number of anilines is 2. The minimum atomic E-state index is -0.864. The zero-order chi connectivity index (χ0) is 21.4. The molecule has 4 aromatic rings. The van der Waals surface area contributed by atoms with Crippen LogP contribution in [0.3, 0.4) is 0 Å². The maximum Gasteiger partial charge on any atom is 0.261 e. The lowest BCUT2D eigenvalue weighted by molar-refractivity contribution is 0.397. The van der Waals surface area contributed by atoms with Gasteiger partial charge in [-0.15, -0.1) is 0 Å². The van der Waals surface area contributed by atoms with Crippen LogP contribution < -0.4 is 10.1 Å². The normalized spacial score (nSPS) is 12.4. The smallest absolute Gasteiger partial charge is 0.261 e. The van der Waals surface area contributed by atoms with Crippen LogP contribution in [0.5, 0.6) is 11.6 Å². The first-order valence-electron chi connectivity index (χ1n) is 9.49. The number of H-pyrrole nitrogens is 1. The number of halogens is 2. The third-order valence-electron chi connectivity index (χ3n) is 4.82. The van der Waals surface area contributed by atoms with Crippen LogP contribution in [0.25, 0.3) is 17.5 Å². The molecule has 0 spiro atoms. The molecule has 0 bridgehead atoms. The summed E-state index contributed by atoms with van der Waals surface area (Å²) in [5.74, 6) is -1.73. The van der Waals surface area contributed by atoms with Crippen molar-refractivity contribution in [1.82, 2.24) is 25.1 Å². The summed E-state index contributed by atoms with van der Waals surface area (Å²) in [6.45, 7) is 1.93. The molecule has 154 valence electrons. The Morgan fingerprint density at radius 1 is 1.06 bits per heavy atom. The van der Waals surface area contributed by atoms with Gasteiger partial charge in [-0.2, -0.15) is 14.5 Å². The first kappa shape index (κ1) is 18.9. The maximum atomic E-state index is 14.9. The van der Waals surface area contributed by atoms with Crippen molar-refractivity contribution in [3.63, 3.8) is 0 Å². The van der Waals surface area contributed by atoms with Gasteiger partial charge in [-0.3, -0.25) is 10.1 Å². The largest absolute Gasteiger partial charge is 0.433 e. The second-order valence-corrected chi connectivity index (χ2v) is 7.07. The van der Waals surface area contributed by atoms with E-state index in [2.05, 4.69) is 30.5 Å². The molecule has 0 saturated heterocycles. The average Bonchev–Trinajstić information content (AvgIpc) is 3.40. The topological polar surface area (TPSA) is 88.6 Å². The summed E-state index contributed by atoms with van der Waals surface area (Å²) in [7, 11) is 0. The van der Waals surface area contributed by atoms with Crippen molar-refractivity contribution in [2.45, 2.75) is 13.3 Å². The van der Waals surface area contributed by atoms with E-state index in [9.17, 15) is 8.78 Å². The summed E-state index contributed by atoms with van der Waals surface area (Å²) in [4.78, 5) is 11.9. The molecule has 1 aliphatic carbocycles. The fraction of sp³-hybridized carbons (Fsp3) is 0.0909. The molecule has 2 N–H and O–H groups in total. The zero-order valence-corrected chi connectivity index (χ0v) is 16.4. The number of allylic oxidation sites excluding steroid dienone is 1. The van der Waals surface area contributed by atoms with Crippen LogP contribution in [-0.4, -0.2) is 25.1 Å². The monoisotopic (exact) mass is 418 g/mol. The minimum absolute atomic E-state index is 0.106.